The molecule has 1 saturated heterocycles. The summed E-state index contributed by atoms with van der Waals surface area (Å²) in [4.78, 5) is 14.9. The van der Waals surface area contributed by atoms with Crippen LogP contribution in [0.2, 0.25) is 0 Å². The Morgan fingerprint density at radius 1 is 1.07 bits per heavy atom. The van der Waals surface area contributed by atoms with Crippen LogP contribution in [-0.4, -0.2) is 42.3 Å². The third kappa shape index (κ3) is 4.91. The fraction of sp³-hybridized carbons (Fsp3) is 0.304. The maximum absolute atomic E-state index is 12.5. The third-order valence-electron chi connectivity index (χ3n) is 5.14. The van der Waals surface area contributed by atoms with E-state index in [1.165, 1.54) is 11.1 Å². The summed E-state index contributed by atoms with van der Waals surface area (Å²) in [5.74, 6) is -0.0525. The van der Waals surface area contributed by atoms with Gasteiger partial charge in [-0.05, 0) is 18.1 Å². The van der Waals surface area contributed by atoms with Gasteiger partial charge in [0.2, 0.25) is 5.76 Å². The normalized spacial score (nSPS) is 14.7. The zero-order valence-electron chi connectivity index (χ0n) is 16.6. The molecule has 6 nitrogen and oxygen atoms in total. The average molecular weight is 391 g/mol. The summed E-state index contributed by atoms with van der Waals surface area (Å²) in [6.45, 7) is 6.74. The monoisotopic (exact) mass is 391 g/mol. The van der Waals surface area contributed by atoms with Crippen LogP contribution in [0.5, 0.6) is 0 Å². The fourth-order valence-electron chi connectivity index (χ4n) is 3.39. The highest BCUT2D eigenvalue weighted by molar-refractivity contribution is 5.92. The van der Waals surface area contributed by atoms with Crippen molar-refractivity contribution in [3.63, 3.8) is 0 Å². The van der Waals surface area contributed by atoms with Crippen LogP contribution in [0.25, 0.3) is 11.3 Å². The second-order valence-corrected chi connectivity index (χ2v) is 7.28. The number of rotatable bonds is 6. The topological polar surface area (TPSA) is 67.6 Å². The number of carbonyl (C=O) groups is 1. The lowest BCUT2D eigenvalue weighted by Gasteiger charge is -2.27. The van der Waals surface area contributed by atoms with E-state index in [1.54, 1.807) is 6.07 Å². The molecule has 0 unspecified atom stereocenters. The molecule has 0 aliphatic carbocycles. The summed E-state index contributed by atoms with van der Waals surface area (Å²) in [6.07, 6.45) is 0. The zero-order chi connectivity index (χ0) is 20.1. The Morgan fingerprint density at radius 3 is 2.55 bits per heavy atom. The number of nitrogens with zero attached hydrogens (tertiary/aromatic N) is 2. The molecule has 0 spiro atoms. The van der Waals surface area contributed by atoms with Crippen molar-refractivity contribution in [2.24, 2.45) is 0 Å². The van der Waals surface area contributed by atoms with Crippen LogP contribution < -0.4 is 5.32 Å². The Morgan fingerprint density at radius 2 is 1.79 bits per heavy atom. The SMILES string of the molecule is Cc1ccc(-c2cc(C(=O)NCc3ccccc3CN3CCOCC3)on2)cc1. The summed E-state index contributed by atoms with van der Waals surface area (Å²) in [5, 5.41) is 6.98. The Bertz CT molecular complexity index is 960. The zero-order valence-corrected chi connectivity index (χ0v) is 16.6. The number of hydrogen-bond donors (Lipinski definition) is 1. The maximum Gasteiger partial charge on any atom is 0.290 e. The molecule has 1 fully saturated rings. The van der Waals surface area contributed by atoms with Crippen molar-refractivity contribution in [3.8, 4) is 11.3 Å². The number of hydrogen-bond acceptors (Lipinski definition) is 5. The highest BCUT2D eigenvalue weighted by Gasteiger charge is 2.16. The molecule has 6 heteroatoms. The number of aryl methyl sites for hydroxylation is 1. The van der Waals surface area contributed by atoms with Gasteiger partial charge < -0.3 is 14.6 Å². The van der Waals surface area contributed by atoms with Gasteiger partial charge in [-0.3, -0.25) is 9.69 Å². The van der Waals surface area contributed by atoms with E-state index in [9.17, 15) is 4.79 Å². The van der Waals surface area contributed by atoms with Crippen LogP contribution in [0.1, 0.15) is 27.2 Å². The molecule has 2 heterocycles. The summed E-state index contributed by atoms with van der Waals surface area (Å²) < 4.78 is 10.7. The minimum atomic E-state index is -0.267. The van der Waals surface area contributed by atoms with Gasteiger partial charge in [-0.15, -0.1) is 0 Å². The lowest BCUT2D eigenvalue weighted by molar-refractivity contribution is 0.0340. The van der Waals surface area contributed by atoms with Gasteiger partial charge in [-0.1, -0.05) is 59.3 Å². The van der Waals surface area contributed by atoms with Crippen LogP contribution in [0, 0.1) is 6.92 Å². The van der Waals surface area contributed by atoms with Crippen LogP contribution in [-0.2, 0) is 17.8 Å². The predicted octanol–water partition coefficient (Wildman–Crippen LogP) is 3.41. The van der Waals surface area contributed by atoms with Gasteiger partial charge in [-0.2, -0.15) is 0 Å². The first-order chi connectivity index (χ1) is 14.2. The van der Waals surface area contributed by atoms with Gasteiger partial charge in [0, 0.05) is 37.8 Å². The van der Waals surface area contributed by atoms with Gasteiger partial charge in [0.15, 0.2) is 0 Å². The van der Waals surface area contributed by atoms with Crippen LogP contribution in [0.15, 0.2) is 59.1 Å². The maximum atomic E-state index is 12.5. The minimum Gasteiger partial charge on any atom is -0.379 e. The molecule has 1 aliphatic heterocycles. The van der Waals surface area contributed by atoms with E-state index in [0.717, 1.165) is 44.0 Å². The third-order valence-corrected chi connectivity index (χ3v) is 5.14. The highest BCUT2D eigenvalue weighted by atomic mass is 16.5. The molecule has 3 aromatic rings. The summed E-state index contributed by atoms with van der Waals surface area (Å²) in [5.41, 5.74) is 5.07. The molecule has 1 amide bonds. The van der Waals surface area contributed by atoms with Crippen LogP contribution in [0.4, 0.5) is 0 Å². The van der Waals surface area contributed by atoms with E-state index in [2.05, 4.69) is 21.4 Å². The summed E-state index contributed by atoms with van der Waals surface area (Å²) in [7, 11) is 0. The second-order valence-electron chi connectivity index (χ2n) is 7.28. The molecule has 0 saturated carbocycles. The Balaban J connectivity index is 1.39. The molecule has 2 aromatic carbocycles. The molecule has 29 heavy (non-hydrogen) atoms. The van der Waals surface area contributed by atoms with E-state index < -0.39 is 0 Å². The molecule has 0 atom stereocenters. The highest BCUT2D eigenvalue weighted by Crippen LogP contribution is 2.20. The van der Waals surface area contributed by atoms with Crippen molar-refractivity contribution in [1.82, 2.24) is 15.4 Å². The molecular weight excluding hydrogens is 366 g/mol. The lowest BCUT2D eigenvalue weighted by Crippen LogP contribution is -2.36. The average Bonchev–Trinajstić information content (AvgIpc) is 3.24. The van der Waals surface area contributed by atoms with E-state index in [4.69, 9.17) is 9.26 Å². The van der Waals surface area contributed by atoms with Crippen molar-refractivity contribution in [1.29, 1.82) is 0 Å². The number of carbonyl (C=O) groups excluding carboxylic acids is 1. The predicted molar refractivity (Wildman–Crippen MR) is 110 cm³/mol. The van der Waals surface area contributed by atoms with Gasteiger partial charge in [0.1, 0.15) is 5.69 Å². The first-order valence-corrected chi connectivity index (χ1v) is 9.88. The summed E-state index contributed by atoms with van der Waals surface area (Å²) in [6, 6.07) is 17.8. The molecule has 1 aromatic heterocycles. The van der Waals surface area contributed by atoms with Crippen molar-refractivity contribution < 1.29 is 14.1 Å². The van der Waals surface area contributed by atoms with Gasteiger partial charge in [0.25, 0.3) is 5.91 Å². The quantitative estimate of drug-likeness (QED) is 0.697. The molecule has 150 valence electrons. The fourth-order valence-corrected chi connectivity index (χ4v) is 3.39. The first kappa shape index (κ1) is 19.4. The molecular formula is C23H25N3O3. The molecule has 0 radical (unpaired) electrons. The number of ether oxygens (including phenoxy) is 1. The number of benzene rings is 2. The Hall–Kier alpha value is -2.96. The smallest absolute Gasteiger partial charge is 0.290 e. The van der Waals surface area contributed by atoms with Crippen molar-refractivity contribution >= 4 is 5.91 Å². The number of morpholine rings is 1. The van der Waals surface area contributed by atoms with E-state index >= 15 is 0 Å². The van der Waals surface area contributed by atoms with Crippen LogP contribution >= 0.6 is 0 Å². The number of aromatic nitrogens is 1. The Labute approximate surface area is 170 Å². The van der Waals surface area contributed by atoms with E-state index in [1.807, 2.05) is 49.4 Å². The second kappa shape index (κ2) is 9.03. The molecule has 0 bridgehead atoms. The van der Waals surface area contributed by atoms with Gasteiger partial charge in [0.05, 0.1) is 13.2 Å². The van der Waals surface area contributed by atoms with E-state index in [0.29, 0.717) is 12.2 Å². The molecule has 4 rings (SSSR count). The van der Waals surface area contributed by atoms with Gasteiger partial charge >= 0.3 is 0 Å². The lowest BCUT2D eigenvalue weighted by atomic mass is 10.1. The summed E-state index contributed by atoms with van der Waals surface area (Å²) >= 11 is 0. The van der Waals surface area contributed by atoms with Gasteiger partial charge in [-0.25, -0.2) is 0 Å². The standard InChI is InChI=1S/C23H25N3O3/c1-17-6-8-18(9-7-17)21-14-22(29-25-21)23(27)24-15-19-4-2-3-5-20(19)16-26-10-12-28-13-11-26/h2-9,14H,10-13,15-16H2,1H3,(H,24,27). The van der Waals surface area contributed by atoms with Crippen molar-refractivity contribution in [3.05, 3.63) is 77.0 Å². The van der Waals surface area contributed by atoms with Crippen molar-refractivity contribution in [2.75, 3.05) is 26.3 Å². The molecule has 1 aliphatic rings. The first-order valence-electron chi connectivity index (χ1n) is 9.88. The largest absolute Gasteiger partial charge is 0.379 e. The minimum absolute atomic E-state index is 0.214. The molecule has 1 N–H and O–H groups in total. The van der Waals surface area contributed by atoms with Crippen molar-refractivity contribution in [2.45, 2.75) is 20.0 Å². The Kier molecular flexibility index (Phi) is 6.03. The van der Waals surface area contributed by atoms with E-state index in [-0.39, 0.29) is 11.7 Å². The van der Waals surface area contributed by atoms with Crippen LogP contribution in [0.3, 0.4) is 0 Å². The number of amides is 1. The number of nitrogens with one attached hydrogen (secondary N) is 1.